The lowest BCUT2D eigenvalue weighted by Gasteiger charge is -2.10. The summed E-state index contributed by atoms with van der Waals surface area (Å²) in [6.07, 6.45) is 1.47. The van der Waals surface area contributed by atoms with Crippen LogP contribution in [0.3, 0.4) is 0 Å². The number of aliphatic hydroxyl groups is 1. The predicted octanol–water partition coefficient (Wildman–Crippen LogP) is 1.69. The maximum absolute atomic E-state index is 12.7. The highest BCUT2D eigenvalue weighted by molar-refractivity contribution is 6.31. The van der Waals surface area contributed by atoms with Crippen molar-refractivity contribution in [3.8, 4) is 0 Å². The average molecular weight is 242 g/mol. The van der Waals surface area contributed by atoms with E-state index in [4.69, 9.17) is 11.6 Å². The molecular weight excluding hydrogens is 233 g/mol. The van der Waals surface area contributed by atoms with Gasteiger partial charge in [-0.3, -0.25) is 9.67 Å². The van der Waals surface area contributed by atoms with Crippen LogP contribution in [0.4, 0.5) is 4.39 Å². The highest BCUT2D eigenvalue weighted by atomic mass is 35.5. The fraction of sp³-hybridized carbons (Fsp3) is 0.200. The molecule has 0 aliphatic heterocycles. The Morgan fingerprint density at radius 2 is 2.19 bits per heavy atom. The highest BCUT2D eigenvalue weighted by Gasteiger charge is 2.19. The van der Waals surface area contributed by atoms with E-state index in [0.717, 1.165) is 6.20 Å². The molecule has 0 fully saturated rings. The van der Waals surface area contributed by atoms with Crippen molar-refractivity contribution in [3.63, 3.8) is 0 Å². The molecule has 2 rings (SSSR count). The lowest BCUT2D eigenvalue weighted by Crippen LogP contribution is -2.08. The fourth-order valence-corrected chi connectivity index (χ4v) is 1.69. The topological polar surface area (TPSA) is 50.9 Å². The van der Waals surface area contributed by atoms with Gasteiger partial charge in [-0.2, -0.15) is 5.10 Å². The van der Waals surface area contributed by atoms with E-state index in [1.54, 1.807) is 7.05 Å². The maximum Gasteiger partial charge on any atom is 0.141 e. The van der Waals surface area contributed by atoms with Gasteiger partial charge in [-0.1, -0.05) is 11.6 Å². The standard InChI is InChI=1S/C10H9ClFN3O/c1-15-9(7(11)5-14-15)10(16)8-3-2-6(12)4-13-8/h2-5,10,16H,1H3. The Bertz CT molecular complexity index is 478. The minimum atomic E-state index is -1.01. The van der Waals surface area contributed by atoms with Crippen LogP contribution in [0.15, 0.2) is 24.5 Å². The van der Waals surface area contributed by atoms with Crippen molar-refractivity contribution in [1.29, 1.82) is 0 Å². The summed E-state index contributed by atoms with van der Waals surface area (Å²) in [5, 5.41) is 14.3. The van der Waals surface area contributed by atoms with Crippen LogP contribution in [0.5, 0.6) is 0 Å². The molecule has 2 aromatic rings. The number of pyridine rings is 1. The van der Waals surface area contributed by atoms with Gasteiger partial charge in [0, 0.05) is 7.05 Å². The molecule has 1 atom stereocenters. The molecule has 0 spiro atoms. The maximum atomic E-state index is 12.7. The van der Waals surface area contributed by atoms with Gasteiger partial charge in [0.05, 0.1) is 28.8 Å². The molecule has 0 aliphatic carbocycles. The van der Waals surface area contributed by atoms with Gasteiger partial charge in [-0.25, -0.2) is 4.39 Å². The molecule has 4 nitrogen and oxygen atoms in total. The first kappa shape index (κ1) is 11.0. The van der Waals surface area contributed by atoms with E-state index >= 15 is 0 Å². The second-order valence-electron chi connectivity index (χ2n) is 3.31. The number of rotatable bonds is 2. The molecule has 0 saturated heterocycles. The zero-order valence-electron chi connectivity index (χ0n) is 8.43. The largest absolute Gasteiger partial charge is 0.380 e. The Kier molecular flexibility index (Phi) is 2.89. The quantitative estimate of drug-likeness (QED) is 0.871. The van der Waals surface area contributed by atoms with E-state index in [-0.39, 0.29) is 0 Å². The van der Waals surface area contributed by atoms with E-state index < -0.39 is 11.9 Å². The Balaban J connectivity index is 2.39. The van der Waals surface area contributed by atoms with Crippen molar-refractivity contribution in [2.75, 3.05) is 0 Å². The summed E-state index contributed by atoms with van der Waals surface area (Å²) >= 11 is 5.88. The second kappa shape index (κ2) is 4.19. The summed E-state index contributed by atoms with van der Waals surface area (Å²) in [4.78, 5) is 3.79. The van der Waals surface area contributed by atoms with Crippen LogP contribution in [0.25, 0.3) is 0 Å². The van der Waals surface area contributed by atoms with E-state index in [9.17, 15) is 9.50 Å². The van der Waals surface area contributed by atoms with Gasteiger partial charge in [0.25, 0.3) is 0 Å². The minimum absolute atomic E-state index is 0.326. The normalized spacial score (nSPS) is 12.8. The minimum Gasteiger partial charge on any atom is -0.380 e. The zero-order valence-corrected chi connectivity index (χ0v) is 9.19. The van der Waals surface area contributed by atoms with Crippen molar-refractivity contribution in [3.05, 3.63) is 46.8 Å². The van der Waals surface area contributed by atoms with Crippen LogP contribution in [-0.2, 0) is 7.05 Å². The first-order valence-electron chi connectivity index (χ1n) is 4.56. The van der Waals surface area contributed by atoms with Crippen molar-refractivity contribution >= 4 is 11.6 Å². The van der Waals surface area contributed by atoms with Crippen molar-refractivity contribution in [1.82, 2.24) is 14.8 Å². The van der Waals surface area contributed by atoms with E-state index in [2.05, 4.69) is 10.1 Å². The summed E-state index contributed by atoms with van der Waals surface area (Å²) < 4.78 is 14.1. The summed E-state index contributed by atoms with van der Waals surface area (Å²) in [6.45, 7) is 0. The molecule has 6 heteroatoms. The number of hydrogen-bond acceptors (Lipinski definition) is 3. The summed E-state index contributed by atoms with van der Waals surface area (Å²) in [5.74, 6) is -0.452. The number of hydrogen-bond donors (Lipinski definition) is 1. The smallest absolute Gasteiger partial charge is 0.141 e. The number of nitrogens with zero attached hydrogens (tertiary/aromatic N) is 3. The number of aromatic nitrogens is 3. The molecule has 0 aliphatic rings. The van der Waals surface area contributed by atoms with Gasteiger partial charge in [-0.05, 0) is 12.1 Å². The zero-order chi connectivity index (χ0) is 11.7. The summed E-state index contributed by atoms with van der Waals surface area (Å²) in [6, 6.07) is 2.64. The summed E-state index contributed by atoms with van der Waals surface area (Å²) in [5.41, 5.74) is 0.757. The van der Waals surface area contributed by atoms with Crippen molar-refractivity contribution < 1.29 is 9.50 Å². The van der Waals surface area contributed by atoms with Gasteiger partial charge in [-0.15, -0.1) is 0 Å². The molecule has 2 heterocycles. The third-order valence-corrected chi connectivity index (χ3v) is 2.52. The van der Waals surface area contributed by atoms with Crippen molar-refractivity contribution in [2.45, 2.75) is 6.10 Å². The van der Waals surface area contributed by atoms with Gasteiger partial charge >= 0.3 is 0 Å². The van der Waals surface area contributed by atoms with E-state index in [1.807, 2.05) is 0 Å². The SMILES string of the molecule is Cn1ncc(Cl)c1C(O)c1ccc(F)cn1. The molecule has 0 radical (unpaired) electrons. The molecule has 84 valence electrons. The van der Waals surface area contributed by atoms with E-state index in [0.29, 0.717) is 16.4 Å². The van der Waals surface area contributed by atoms with Crippen LogP contribution < -0.4 is 0 Å². The van der Waals surface area contributed by atoms with Crippen LogP contribution in [0.1, 0.15) is 17.5 Å². The number of aryl methyl sites for hydroxylation is 1. The van der Waals surface area contributed by atoms with Crippen LogP contribution in [0.2, 0.25) is 5.02 Å². The molecule has 16 heavy (non-hydrogen) atoms. The van der Waals surface area contributed by atoms with Crippen LogP contribution >= 0.6 is 11.6 Å². The molecule has 0 aromatic carbocycles. The number of halogens is 2. The predicted molar refractivity (Wildman–Crippen MR) is 56.5 cm³/mol. The fourth-order valence-electron chi connectivity index (χ4n) is 1.42. The van der Waals surface area contributed by atoms with Gasteiger partial charge in [0.1, 0.15) is 11.9 Å². The van der Waals surface area contributed by atoms with Crippen molar-refractivity contribution in [2.24, 2.45) is 7.05 Å². The molecular formula is C10H9ClFN3O. The van der Waals surface area contributed by atoms with Crippen LogP contribution in [-0.4, -0.2) is 19.9 Å². The first-order valence-corrected chi connectivity index (χ1v) is 4.94. The molecule has 2 aromatic heterocycles. The Morgan fingerprint density at radius 3 is 2.69 bits per heavy atom. The molecule has 0 bridgehead atoms. The first-order chi connectivity index (χ1) is 7.59. The third kappa shape index (κ3) is 1.91. The Labute approximate surface area is 96.3 Å². The molecule has 1 N–H and O–H groups in total. The second-order valence-corrected chi connectivity index (χ2v) is 3.71. The van der Waals surface area contributed by atoms with Crippen LogP contribution in [0, 0.1) is 5.82 Å². The Morgan fingerprint density at radius 1 is 1.44 bits per heavy atom. The molecule has 0 saturated carbocycles. The molecule has 1 unspecified atom stereocenters. The monoisotopic (exact) mass is 241 g/mol. The highest BCUT2D eigenvalue weighted by Crippen LogP contribution is 2.26. The lowest BCUT2D eigenvalue weighted by atomic mass is 10.1. The van der Waals surface area contributed by atoms with Gasteiger partial charge in [0.2, 0.25) is 0 Å². The van der Waals surface area contributed by atoms with E-state index in [1.165, 1.54) is 23.0 Å². The summed E-state index contributed by atoms with van der Waals surface area (Å²) in [7, 11) is 1.66. The Hall–Kier alpha value is -1.46. The third-order valence-electron chi connectivity index (χ3n) is 2.23. The lowest BCUT2D eigenvalue weighted by molar-refractivity contribution is 0.205. The number of aliphatic hydroxyl groups excluding tert-OH is 1. The van der Waals surface area contributed by atoms with Gasteiger partial charge < -0.3 is 5.11 Å². The average Bonchev–Trinajstić information content (AvgIpc) is 2.59. The molecule has 0 amide bonds. The van der Waals surface area contributed by atoms with Gasteiger partial charge in [0.15, 0.2) is 0 Å².